The first-order valence-corrected chi connectivity index (χ1v) is 6.87. The maximum absolute atomic E-state index is 12.8. The summed E-state index contributed by atoms with van der Waals surface area (Å²) < 4.78 is 54.3. The minimum atomic E-state index is -4.17. The third kappa shape index (κ3) is 4.93. The van der Waals surface area contributed by atoms with Gasteiger partial charge in [0.25, 0.3) is 0 Å². The number of ether oxygens (including phenoxy) is 1. The molecule has 0 atom stereocenters. The number of nitriles is 1. The number of hydrogen-bond donors (Lipinski definition) is 1. The predicted molar refractivity (Wildman–Crippen MR) is 79.3 cm³/mol. The van der Waals surface area contributed by atoms with Crippen LogP contribution in [0.25, 0.3) is 0 Å². The quantitative estimate of drug-likeness (QED) is 0.771. The predicted octanol–water partition coefficient (Wildman–Crippen LogP) is 4.11. The molecule has 8 heteroatoms. The number of pyridine rings is 1. The lowest BCUT2D eigenvalue weighted by atomic mass is 10.2. The summed E-state index contributed by atoms with van der Waals surface area (Å²) in [6, 6.07) is 13.4. The zero-order chi connectivity index (χ0) is 17.6. The van der Waals surface area contributed by atoms with Crippen molar-refractivity contribution in [3.8, 4) is 6.07 Å². The minimum absolute atomic E-state index is 0.233. The highest BCUT2D eigenvalue weighted by Crippen LogP contribution is 2.24. The number of benzene rings is 1. The molecule has 0 aliphatic heterocycles. The molecule has 2 rings (SSSR count). The van der Waals surface area contributed by atoms with Gasteiger partial charge in [-0.1, -0.05) is 18.2 Å². The van der Waals surface area contributed by atoms with E-state index in [1.165, 1.54) is 0 Å². The van der Waals surface area contributed by atoms with E-state index in [9.17, 15) is 17.6 Å². The Bertz CT molecular complexity index is 731. The first kappa shape index (κ1) is 17.7. The van der Waals surface area contributed by atoms with Crippen LogP contribution in [0.4, 0.5) is 29.1 Å². The van der Waals surface area contributed by atoms with Gasteiger partial charge in [-0.3, -0.25) is 0 Å². The van der Waals surface area contributed by atoms with Crippen molar-refractivity contribution < 1.29 is 22.3 Å². The van der Waals surface area contributed by atoms with E-state index in [4.69, 9.17) is 5.26 Å². The third-order valence-electron chi connectivity index (χ3n) is 2.95. The molecular formula is C16H13F4N3O. The standard InChI is InChI=1S/C16H13F4N3O/c17-15(18)16(19,20)10-24-9-11-3-1-4-12(7-11)22-14-6-2-5-13(8-21)23-14/h1-7,15H,9-10H2,(H,22,23). The number of alkyl halides is 4. The van der Waals surface area contributed by atoms with Crippen LogP contribution in [0.3, 0.4) is 0 Å². The van der Waals surface area contributed by atoms with Gasteiger partial charge in [-0.2, -0.15) is 14.0 Å². The van der Waals surface area contributed by atoms with Crippen LogP contribution in [0, 0.1) is 11.3 Å². The van der Waals surface area contributed by atoms with E-state index in [2.05, 4.69) is 15.0 Å². The summed E-state index contributed by atoms with van der Waals surface area (Å²) >= 11 is 0. The van der Waals surface area contributed by atoms with Crippen LogP contribution in [0.2, 0.25) is 0 Å². The molecule has 0 spiro atoms. The molecule has 0 unspecified atom stereocenters. The van der Waals surface area contributed by atoms with E-state index >= 15 is 0 Å². The minimum Gasteiger partial charge on any atom is -0.370 e. The van der Waals surface area contributed by atoms with E-state index < -0.39 is 19.0 Å². The molecule has 0 radical (unpaired) electrons. The van der Waals surface area contributed by atoms with Crippen molar-refractivity contribution in [2.75, 3.05) is 11.9 Å². The Morgan fingerprint density at radius 1 is 1.21 bits per heavy atom. The molecule has 4 nitrogen and oxygen atoms in total. The van der Waals surface area contributed by atoms with Crippen molar-refractivity contribution in [2.24, 2.45) is 0 Å². The van der Waals surface area contributed by atoms with Crippen LogP contribution < -0.4 is 5.32 Å². The smallest absolute Gasteiger partial charge is 0.330 e. The molecule has 1 heterocycles. The topological polar surface area (TPSA) is 57.9 Å². The number of aromatic nitrogens is 1. The van der Waals surface area contributed by atoms with Gasteiger partial charge in [0, 0.05) is 5.69 Å². The Balaban J connectivity index is 1.97. The summed E-state index contributed by atoms with van der Waals surface area (Å²) in [5, 5.41) is 11.8. The summed E-state index contributed by atoms with van der Waals surface area (Å²) in [5.74, 6) is -3.73. The number of nitrogens with one attached hydrogen (secondary N) is 1. The van der Waals surface area contributed by atoms with E-state index in [1.807, 2.05) is 6.07 Å². The van der Waals surface area contributed by atoms with Gasteiger partial charge in [0.15, 0.2) is 0 Å². The number of rotatable bonds is 7. The molecule has 0 amide bonds. The Kier molecular flexibility index (Phi) is 5.71. The largest absolute Gasteiger partial charge is 0.370 e. The average molecular weight is 339 g/mol. The molecule has 24 heavy (non-hydrogen) atoms. The highest BCUT2D eigenvalue weighted by Gasteiger charge is 2.40. The lowest BCUT2D eigenvalue weighted by Crippen LogP contribution is -2.32. The van der Waals surface area contributed by atoms with E-state index in [1.54, 1.807) is 42.5 Å². The number of halogens is 4. The lowest BCUT2D eigenvalue weighted by molar-refractivity contribution is -0.168. The van der Waals surface area contributed by atoms with Crippen molar-refractivity contribution in [3.05, 3.63) is 53.7 Å². The van der Waals surface area contributed by atoms with Crippen molar-refractivity contribution in [2.45, 2.75) is 19.0 Å². The Morgan fingerprint density at radius 2 is 1.96 bits per heavy atom. The maximum atomic E-state index is 12.8. The second-order valence-corrected chi connectivity index (χ2v) is 4.90. The second kappa shape index (κ2) is 7.75. The first-order valence-electron chi connectivity index (χ1n) is 6.87. The van der Waals surface area contributed by atoms with Crippen LogP contribution in [-0.2, 0) is 11.3 Å². The van der Waals surface area contributed by atoms with Gasteiger partial charge in [0.05, 0.1) is 6.61 Å². The molecule has 0 saturated heterocycles. The molecule has 1 aromatic heterocycles. The zero-order valence-electron chi connectivity index (χ0n) is 12.3. The third-order valence-corrected chi connectivity index (χ3v) is 2.95. The molecule has 0 bridgehead atoms. The molecule has 126 valence electrons. The fourth-order valence-corrected chi connectivity index (χ4v) is 1.82. The molecular weight excluding hydrogens is 326 g/mol. The molecule has 0 saturated carbocycles. The van der Waals surface area contributed by atoms with Gasteiger partial charge < -0.3 is 10.1 Å². The normalized spacial score (nSPS) is 11.3. The maximum Gasteiger partial charge on any atom is 0.330 e. The molecule has 0 fully saturated rings. The van der Waals surface area contributed by atoms with Gasteiger partial charge in [-0.25, -0.2) is 13.8 Å². The van der Waals surface area contributed by atoms with E-state index in [-0.39, 0.29) is 12.3 Å². The molecule has 0 aliphatic rings. The van der Waals surface area contributed by atoms with Gasteiger partial charge in [-0.15, -0.1) is 0 Å². The SMILES string of the molecule is N#Cc1cccc(Nc2cccc(COCC(F)(F)C(F)F)c2)n1. The van der Waals surface area contributed by atoms with Crippen molar-refractivity contribution in [1.29, 1.82) is 5.26 Å². The number of anilines is 2. The van der Waals surface area contributed by atoms with Crippen molar-refractivity contribution in [1.82, 2.24) is 4.98 Å². The summed E-state index contributed by atoms with van der Waals surface area (Å²) in [6.45, 7) is -1.59. The fourth-order valence-electron chi connectivity index (χ4n) is 1.82. The van der Waals surface area contributed by atoms with Crippen LogP contribution in [-0.4, -0.2) is 23.9 Å². The van der Waals surface area contributed by atoms with Crippen LogP contribution in [0.1, 0.15) is 11.3 Å². The van der Waals surface area contributed by atoms with Crippen molar-refractivity contribution >= 4 is 11.5 Å². The summed E-state index contributed by atoms with van der Waals surface area (Å²) in [6.07, 6.45) is -3.76. The van der Waals surface area contributed by atoms with Crippen molar-refractivity contribution in [3.63, 3.8) is 0 Å². The van der Waals surface area contributed by atoms with Gasteiger partial charge in [-0.05, 0) is 29.8 Å². The monoisotopic (exact) mass is 339 g/mol. The van der Waals surface area contributed by atoms with Gasteiger partial charge in [0.2, 0.25) is 0 Å². The summed E-state index contributed by atoms with van der Waals surface area (Å²) in [4.78, 5) is 4.04. The Labute approximate surface area is 135 Å². The Morgan fingerprint density at radius 3 is 2.67 bits per heavy atom. The molecule has 1 aromatic carbocycles. The highest BCUT2D eigenvalue weighted by atomic mass is 19.3. The van der Waals surface area contributed by atoms with Gasteiger partial charge in [0.1, 0.15) is 24.2 Å². The number of nitrogens with zero attached hydrogens (tertiary/aromatic N) is 2. The highest BCUT2D eigenvalue weighted by molar-refractivity contribution is 5.57. The average Bonchev–Trinajstić information content (AvgIpc) is 2.55. The fraction of sp³-hybridized carbons (Fsp3) is 0.250. The Hall–Kier alpha value is -2.66. The molecule has 1 N–H and O–H groups in total. The number of hydrogen-bond acceptors (Lipinski definition) is 4. The van der Waals surface area contributed by atoms with E-state index in [0.29, 0.717) is 17.1 Å². The molecule has 0 aliphatic carbocycles. The second-order valence-electron chi connectivity index (χ2n) is 4.90. The van der Waals surface area contributed by atoms with Gasteiger partial charge >= 0.3 is 12.3 Å². The molecule has 2 aromatic rings. The first-order chi connectivity index (χ1) is 11.4. The zero-order valence-corrected chi connectivity index (χ0v) is 12.3. The van der Waals surface area contributed by atoms with E-state index in [0.717, 1.165) is 0 Å². The van der Waals surface area contributed by atoms with Crippen LogP contribution in [0.15, 0.2) is 42.5 Å². The lowest BCUT2D eigenvalue weighted by Gasteiger charge is -2.15. The summed E-state index contributed by atoms with van der Waals surface area (Å²) in [5.41, 5.74) is 1.37. The summed E-state index contributed by atoms with van der Waals surface area (Å²) in [7, 11) is 0. The van der Waals surface area contributed by atoms with Crippen LogP contribution >= 0.6 is 0 Å². The van der Waals surface area contributed by atoms with Crippen LogP contribution in [0.5, 0.6) is 0 Å².